The average molecular weight is 440 g/mol. The summed E-state index contributed by atoms with van der Waals surface area (Å²) in [5, 5.41) is 2.93. The fraction of sp³-hybridized carbons (Fsp3) is 0.222. The highest BCUT2D eigenvalue weighted by molar-refractivity contribution is 6.21. The van der Waals surface area contributed by atoms with Crippen LogP contribution in [0.1, 0.15) is 50.0 Å². The van der Waals surface area contributed by atoms with Crippen LogP contribution in [0.15, 0.2) is 72.8 Å². The van der Waals surface area contributed by atoms with Crippen LogP contribution < -0.4 is 10.2 Å². The molecule has 3 aromatic carbocycles. The number of amides is 3. The molecule has 166 valence electrons. The highest BCUT2D eigenvalue weighted by Gasteiger charge is 2.34. The third-order valence-electron chi connectivity index (χ3n) is 6.35. The summed E-state index contributed by atoms with van der Waals surface area (Å²) in [7, 11) is 0. The van der Waals surface area contributed by atoms with Gasteiger partial charge < -0.3 is 10.2 Å². The third-order valence-corrected chi connectivity index (χ3v) is 6.35. The number of benzene rings is 3. The summed E-state index contributed by atoms with van der Waals surface area (Å²) in [5.74, 6) is -0.0669. The van der Waals surface area contributed by atoms with E-state index in [1.807, 2.05) is 24.3 Å². The van der Waals surface area contributed by atoms with Gasteiger partial charge in [0.25, 0.3) is 17.7 Å². The number of hydrogen-bond donors (Lipinski definition) is 1. The summed E-state index contributed by atoms with van der Waals surface area (Å²) in [6.07, 6.45) is 1.21. The van der Waals surface area contributed by atoms with E-state index < -0.39 is 0 Å². The Labute approximate surface area is 192 Å². The highest BCUT2D eigenvalue weighted by atomic mass is 16.2. The van der Waals surface area contributed by atoms with Crippen molar-refractivity contribution in [2.45, 2.75) is 19.9 Å². The zero-order valence-electron chi connectivity index (χ0n) is 18.5. The van der Waals surface area contributed by atoms with E-state index in [2.05, 4.69) is 17.1 Å². The lowest BCUT2D eigenvalue weighted by Gasteiger charge is -2.18. The van der Waals surface area contributed by atoms with Crippen LogP contribution in [0, 0.1) is 5.92 Å². The molecule has 0 aromatic heterocycles. The second-order valence-corrected chi connectivity index (χ2v) is 8.78. The lowest BCUT2D eigenvalue weighted by atomic mass is 10.1. The van der Waals surface area contributed by atoms with Gasteiger partial charge in [0.05, 0.1) is 17.7 Å². The molecule has 0 spiro atoms. The minimum atomic E-state index is -0.288. The van der Waals surface area contributed by atoms with E-state index >= 15 is 0 Å². The van der Waals surface area contributed by atoms with Crippen LogP contribution in [0.2, 0.25) is 0 Å². The Morgan fingerprint density at radius 1 is 0.909 bits per heavy atom. The summed E-state index contributed by atoms with van der Waals surface area (Å²) in [4.78, 5) is 41.4. The van der Waals surface area contributed by atoms with Crippen molar-refractivity contribution in [1.82, 2.24) is 4.90 Å². The Hall–Kier alpha value is -3.93. The normalized spacial score (nSPS) is 17.4. The molecule has 3 aromatic rings. The van der Waals surface area contributed by atoms with Crippen LogP contribution >= 0.6 is 0 Å². The first kappa shape index (κ1) is 20.9. The number of carbonyl (C=O) groups is 3. The minimum Gasteiger partial charge on any atom is -0.371 e. The van der Waals surface area contributed by atoms with Gasteiger partial charge in [-0.2, -0.15) is 0 Å². The van der Waals surface area contributed by atoms with E-state index in [0.29, 0.717) is 22.6 Å². The predicted octanol–water partition coefficient (Wildman–Crippen LogP) is 4.58. The standard InChI is InChI=1S/C27H25N3O3/c1-18-14-15-29(16-18)22-12-10-21(11-13-22)28-25(31)20-8-6-19(7-9-20)17-30-26(32)23-4-2-3-5-24(23)27(30)33/h2-13,18H,14-17H2,1H3,(H,28,31). The summed E-state index contributed by atoms with van der Waals surface area (Å²) in [6, 6.07) is 21.7. The molecule has 1 atom stereocenters. The smallest absolute Gasteiger partial charge is 0.261 e. The fourth-order valence-electron chi connectivity index (χ4n) is 4.46. The number of fused-ring (bicyclic) bond motifs is 1. The van der Waals surface area contributed by atoms with Crippen LogP contribution in [-0.4, -0.2) is 35.7 Å². The van der Waals surface area contributed by atoms with Gasteiger partial charge in [-0.1, -0.05) is 31.2 Å². The predicted molar refractivity (Wildman–Crippen MR) is 127 cm³/mol. The quantitative estimate of drug-likeness (QED) is 0.591. The van der Waals surface area contributed by atoms with Gasteiger partial charge in [-0.15, -0.1) is 0 Å². The van der Waals surface area contributed by atoms with E-state index in [0.717, 1.165) is 24.3 Å². The number of nitrogens with one attached hydrogen (secondary N) is 1. The largest absolute Gasteiger partial charge is 0.371 e. The Kier molecular flexibility index (Phi) is 5.42. The van der Waals surface area contributed by atoms with Gasteiger partial charge >= 0.3 is 0 Å². The molecule has 0 radical (unpaired) electrons. The average Bonchev–Trinajstić information content (AvgIpc) is 3.37. The highest BCUT2D eigenvalue weighted by Crippen LogP contribution is 2.26. The molecule has 3 amide bonds. The van der Waals surface area contributed by atoms with E-state index in [9.17, 15) is 14.4 Å². The van der Waals surface area contributed by atoms with Crippen LogP contribution in [0.4, 0.5) is 11.4 Å². The SMILES string of the molecule is CC1CCN(c2ccc(NC(=O)c3ccc(CN4C(=O)c5ccccc5C4=O)cc3)cc2)C1. The molecule has 1 fully saturated rings. The van der Waals surface area contributed by atoms with Crippen molar-refractivity contribution in [3.05, 3.63) is 95.1 Å². The van der Waals surface area contributed by atoms with E-state index in [4.69, 9.17) is 0 Å². The van der Waals surface area contributed by atoms with Crippen LogP contribution in [0.25, 0.3) is 0 Å². The number of carbonyl (C=O) groups excluding carboxylic acids is 3. The Morgan fingerprint density at radius 2 is 1.55 bits per heavy atom. The monoisotopic (exact) mass is 439 g/mol. The van der Waals surface area contributed by atoms with Crippen molar-refractivity contribution in [1.29, 1.82) is 0 Å². The van der Waals surface area contributed by atoms with Crippen molar-refractivity contribution in [3.8, 4) is 0 Å². The van der Waals surface area contributed by atoms with Crippen molar-refractivity contribution in [3.63, 3.8) is 0 Å². The van der Waals surface area contributed by atoms with Crippen molar-refractivity contribution >= 4 is 29.1 Å². The number of hydrogen-bond acceptors (Lipinski definition) is 4. The number of nitrogens with zero attached hydrogens (tertiary/aromatic N) is 2. The molecule has 2 aliphatic rings. The molecule has 1 unspecified atom stereocenters. The summed E-state index contributed by atoms with van der Waals surface area (Å²) >= 11 is 0. The zero-order chi connectivity index (χ0) is 22.9. The first-order valence-corrected chi connectivity index (χ1v) is 11.2. The molecule has 6 nitrogen and oxygen atoms in total. The maximum absolute atomic E-state index is 12.7. The molecule has 5 rings (SSSR count). The molecule has 33 heavy (non-hydrogen) atoms. The van der Waals surface area contributed by atoms with Gasteiger partial charge in [-0.25, -0.2) is 0 Å². The van der Waals surface area contributed by atoms with Crippen molar-refractivity contribution < 1.29 is 14.4 Å². The maximum atomic E-state index is 12.7. The molecular weight excluding hydrogens is 414 g/mol. The van der Waals surface area contributed by atoms with E-state index in [1.54, 1.807) is 48.5 Å². The van der Waals surface area contributed by atoms with Crippen LogP contribution in [-0.2, 0) is 6.54 Å². The summed E-state index contributed by atoms with van der Waals surface area (Å²) in [5.41, 5.74) is 4.08. The zero-order valence-corrected chi connectivity index (χ0v) is 18.5. The lowest BCUT2D eigenvalue weighted by Crippen LogP contribution is -2.29. The van der Waals surface area contributed by atoms with Crippen LogP contribution in [0.3, 0.4) is 0 Å². The lowest BCUT2D eigenvalue weighted by molar-refractivity contribution is 0.0642. The number of anilines is 2. The molecule has 2 aliphatic heterocycles. The molecule has 6 heteroatoms. The fourth-order valence-corrected chi connectivity index (χ4v) is 4.46. The van der Waals surface area contributed by atoms with Gasteiger partial charge in [0.2, 0.25) is 0 Å². The topological polar surface area (TPSA) is 69.7 Å². The van der Waals surface area contributed by atoms with Gasteiger partial charge in [0.15, 0.2) is 0 Å². The molecule has 0 bridgehead atoms. The molecule has 0 saturated carbocycles. The Morgan fingerprint density at radius 3 is 2.12 bits per heavy atom. The summed E-state index contributed by atoms with van der Waals surface area (Å²) < 4.78 is 0. The van der Waals surface area contributed by atoms with Crippen molar-refractivity contribution in [2.75, 3.05) is 23.3 Å². The maximum Gasteiger partial charge on any atom is 0.261 e. The first-order valence-electron chi connectivity index (χ1n) is 11.2. The Bertz CT molecular complexity index is 1180. The second kappa shape index (κ2) is 8.54. The van der Waals surface area contributed by atoms with E-state index in [1.165, 1.54) is 17.0 Å². The molecule has 1 saturated heterocycles. The van der Waals surface area contributed by atoms with Gasteiger partial charge in [0, 0.05) is 30.0 Å². The van der Waals surface area contributed by atoms with Gasteiger partial charge in [-0.05, 0) is 66.4 Å². The van der Waals surface area contributed by atoms with Crippen molar-refractivity contribution in [2.24, 2.45) is 5.92 Å². The molecule has 1 N–H and O–H groups in total. The summed E-state index contributed by atoms with van der Waals surface area (Å²) in [6.45, 7) is 4.57. The number of rotatable bonds is 5. The molecule has 0 aliphatic carbocycles. The third kappa shape index (κ3) is 4.12. The number of imide groups is 1. The van der Waals surface area contributed by atoms with Gasteiger partial charge in [0.1, 0.15) is 0 Å². The van der Waals surface area contributed by atoms with Crippen LogP contribution in [0.5, 0.6) is 0 Å². The Balaban J connectivity index is 1.21. The van der Waals surface area contributed by atoms with Gasteiger partial charge in [-0.3, -0.25) is 19.3 Å². The second-order valence-electron chi connectivity index (χ2n) is 8.78. The first-order chi connectivity index (χ1) is 16.0. The molecular formula is C27H25N3O3. The van der Waals surface area contributed by atoms with E-state index in [-0.39, 0.29) is 24.3 Å². The molecule has 2 heterocycles. The minimum absolute atomic E-state index is 0.171.